The minimum Gasteiger partial charge on any atom is -0.378 e. The SMILES string of the molecule is C=N/C=C/c1sc(N=Nc2ccc(N(C)C)cc2)nc1SC. The molecule has 0 aliphatic carbocycles. The second kappa shape index (κ2) is 7.86. The first kappa shape index (κ1) is 16.4. The molecule has 0 unspecified atom stereocenters. The van der Waals surface area contributed by atoms with E-state index in [0.29, 0.717) is 5.13 Å². The molecule has 7 heteroatoms. The molecule has 0 N–H and O–H groups in total. The third-order valence-electron chi connectivity index (χ3n) is 2.75. The van der Waals surface area contributed by atoms with Gasteiger partial charge in [-0.25, -0.2) is 4.98 Å². The van der Waals surface area contributed by atoms with Gasteiger partial charge in [-0.2, -0.15) is 0 Å². The van der Waals surface area contributed by atoms with Crippen LogP contribution in [0.2, 0.25) is 0 Å². The van der Waals surface area contributed by atoms with Gasteiger partial charge in [0.15, 0.2) is 0 Å². The molecule has 5 nitrogen and oxygen atoms in total. The van der Waals surface area contributed by atoms with E-state index in [1.165, 1.54) is 11.3 Å². The highest BCUT2D eigenvalue weighted by molar-refractivity contribution is 7.98. The average molecular weight is 331 g/mol. The van der Waals surface area contributed by atoms with E-state index in [1.54, 1.807) is 18.0 Å². The molecule has 1 aromatic heterocycles. The summed E-state index contributed by atoms with van der Waals surface area (Å²) in [5, 5.41) is 9.99. The number of thiazole rings is 1. The van der Waals surface area contributed by atoms with E-state index in [-0.39, 0.29) is 0 Å². The quantitative estimate of drug-likeness (QED) is 0.424. The van der Waals surface area contributed by atoms with Crippen molar-refractivity contribution < 1.29 is 0 Å². The Balaban J connectivity index is 2.17. The first-order chi connectivity index (χ1) is 10.6. The minimum absolute atomic E-state index is 0.629. The summed E-state index contributed by atoms with van der Waals surface area (Å²) in [6.07, 6.45) is 5.50. The Morgan fingerprint density at radius 2 is 1.95 bits per heavy atom. The lowest BCUT2D eigenvalue weighted by Gasteiger charge is -2.11. The summed E-state index contributed by atoms with van der Waals surface area (Å²) in [6.45, 7) is 3.43. The number of anilines is 1. The monoisotopic (exact) mass is 331 g/mol. The maximum absolute atomic E-state index is 4.44. The maximum atomic E-state index is 4.44. The molecule has 2 rings (SSSR count). The molecule has 114 valence electrons. The lowest BCUT2D eigenvalue weighted by molar-refractivity contribution is 1.12. The van der Waals surface area contributed by atoms with E-state index in [2.05, 4.69) is 26.9 Å². The predicted molar refractivity (Wildman–Crippen MR) is 97.4 cm³/mol. The number of hydrogen-bond donors (Lipinski definition) is 0. The molecule has 0 fully saturated rings. The van der Waals surface area contributed by atoms with Gasteiger partial charge < -0.3 is 4.90 Å². The van der Waals surface area contributed by atoms with Crippen LogP contribution < -0.4 is 4.90 Å². The van der Waals surface area contributed by atoms with Crippen LogP contribution in [0, 0.1) is 0 Å². The first-order valence-electron chi connectivity index (χ1n) is 6.50. The molecule has 22 heavy (non-hydrogen) atoms. The lowest BCUT2D eigenvalue weighted by atomic mass is 10.3. The third-order valence-corrected chi connectivity index (χ3v) is 4.48. The Bertz CT molecular complexity index is 686. The summed E-state index contributed by atoms with van der Waals surface area (Å²) in [5.74, 6) is 0. The molecule has 0 amide bonds. The van der Waals surface area contributed by atoms with Crippen molar-refractivity contribution >= 4 is 52.4 Å². The highest BCUT2D eigenvalue weighted by atomic mass is 32.2. The van der Waals surface area contributed by atoms with Crippen molar-refractivity contribution in [3.8, 4) is 0 Å². The Kier molecular flexibility index (Phi) is 5.85. The Labute approximate surface area is 138 Å². The minimum atomic E-state index is 0.629. The topological polar surface area (TPSA) is 53.2 Å². The van der Waals surface area contributed by atoms with Crippen LogP contribution in [0.5, 0.6) is 0 Å². The van der Waals surface area contributed by atoms with Gasteiger partial charge >= 0.3 is 0 Å². The molecule has 0 spiro atoms. The zero-order chi connectivity index (χ0) is 15.9. The van der Waals surface area contributed by atoms with E-state index in [4.69, 9.17) is 0 Å². The summed E-state index contributed by atoms with van der Waals surface area (Å²) < 4.78 is 0. The van der Waals surface area contributed by atoms with Crippen molar-refractivity contribution in [1.29, 1.82) is 0 Å². The predicted octanol–water partition coefficient (Wildman–Crippen LogP) is 5.02. The molecule has 0 atom stereocenters. The van der Waals surface area contributed by atoms with Crippen LogP contribution >= 0.6 is 23.1 Å². The second-order valence-electron chi connectivity index (χ2n) is 4.48. The maximum Gasteiger partial charge on any atom is 0.231 e. The Hall–Kier alpha value is -1.99. The van der Waals surface area contributed by atoms with Crippen LogP contribution in [0.1, 0.15) is 4.88 Å². The number of nitrogens with zero attached hydrogens (tertiary/aromatic N) is 5. The number of aromatic nitrogens is 1. The summed E-state index contributed by atoms with van der Waals surface area (Å²) in [6, 6.07) is 7.88. The van der Waals surface area contributed by atoms with Crippen LogP contribution in [0.15, 0.2) is 50.7 Å². The third kappa shape index (κ3) is 4.25. The molecule has 1 aromatic carbocycles. The molecule has 0 saturated heterocycles. The van der Waals surface area contributed by atoms with Crippen molar-refractivity contribution in [2.75, 3.05) is 25.3 Å². The molecule has 0 saturated carbocycles. The molecular weight excluding hydrogens is 314 g/mol. The lowest BCUT2D eigenvalue weighted by Crippen LogP contribution is -2.07. The van der Waals surface area contributed by atoms with Crippen molar-refractivity contribution in [3.05, 3.63) is 35.3 Å². The van der Waals surface area contributed by atoms with Gasteiger partial charge in [-0.3, -0.25) is 4.99 Å². The van der Waals surface area contributed by atoms with Gasteiger partial charge in [0.05, 0.1) is 10.6 Å². The fraction of sp³-hybridized carbons (Fsp3) is 0.200. The van der Waals surface area contributed by atoms with Gasteiger partial charge in [-0.15, -0.1) is 22.0 Å². The molecule has 0 radical (unpaired) electrons. The smallest absolute Gasteiger partial charge is 0.231 e. The van der Waals surface area contributed by atoms with E-state index in [9.17, 15) is 0 Å². The summed E-state index contributed by atoms with van der Waals surface area (Å²) in [4.78, 5) is 11.2. The van der Waals surface area contributed by atoms with Gasteiger partial charge in [-0.1, -0.05) is 11.3 Å². The largest absolute Gasteiger partial charge is 0.378 e. The van der Waals surface area contributed by atoms with Crippen LogP contribution in [-0.4, -0.2) is 32.1 Å². The van der Waals surface area contributed by atoms with Gasteiger partial charge in [0, 0.05) is 26.0 Å². The number of benzene rings is 1. The van der Waals surface area contributed by atoms with Crippen LogP contribution in [-0.2, 0) is 0 Å². The zero-order valence-electron chi connectivity index (χ0n) is 12.7. The fourth-order valence-corrected chi connectivity index (χ4v) is 3.20. The Morgan fingerprint density at radius 1 is 1.23 bits per heavy atom. The highest BCUT2D eigenvalue weighted by Gasteiger charge is 2.07. The standard InChI is InChI=1S/C15H17N5S2/c1-16-10-9-13-14(21-4)17-15(22-13)19-18-11-5-7-12(8-6-11)20(2)3/h5-10H,1H2,2-4H3/b10-9+,19-18?. The van der Waals surface area contributed by atoms with E-state index in [0.717, 1.165) is 21.3 Å². The summed E-state index contributed by atoms with van der Waals surface area (Å²) in [5.41, 5.74) is 1.93. The Morgan fingerprint density at radius 3 is 2.55 bits per heavy atom. The number of thioether (sulfide) groups is 1. The van der Waals surface area contributed by atoms with Gasteiger partial charge in [-0.05, 0) is 43.3 Å². The summed E-state index contributed by atoms with van der Waals surface area (Å²) in [7, 11) is 4.01. The number of rotatable bonds is 6. The molecular formula is C15H17N5S2. The number of azo groups is 1. The average Bonchev–Trinajstić information content (AvgIpc) is 2.93. The fourth-order valence-electron chi connectivity index (χ4n) is 1.64. The van der Waals surface area contributed by atoms with E-state index >= 15 is 0 Å². The molecule has 2 aromatic rings. The molecule has 0 aliphatic rings. The van der Waals surface area contributed by atoms with Crippen LogP contribution in [0.25, 0.3) is 6.08 Å². The van der Waals surface area contributed by atoms with E-state index in [1.807, 2.05) is 55.6 Å². The number of hydrogen-bond acceptors (Lipinski definition) is 7. The zero-order valence-corrected chi connectivity index (χ0v) is 14.4. The molecule has 0 aliphatic heterocycles. The second-order valence-corrected chi connectivity index (χ2v) is 6.28. The van der Waals surface area contributed by atoms with Gasteiger partial charge in [0.2, 0.25) is 5.13 Å². The van der Waals surface area contributed by atoms with E-state index < -0.39 is 0 Å². The molecule has 0 bridgehead atoms. The highest BCUT2D eigenvalue weighted by Crippen LogP contribution is 2.33. The first-order valence-corrected chi connectivity index (χ1v) is 8.54. The van der Waals surface area contributed by atoms with Crippen molar-refractivity contribution in [1.82, 2.24) is 4.98 Å². The van der Waals surface area contributed by atoms with Gasteiger partial charge in [0.1, 0.15) is 5.03 Å². The van der Waals surface area contributed by atoms with Crippen molar-refractivity contribution in [2.45, 2.75) is 5.03 Å². The van der Waals surface area contributed by atoms with Crippen molar-refractivity contribution in [2.24, 2.45) is 15.2 Å². The van der Waals surface area contributed by atoms with Crippen LogP contribution in [0.4, 0.5) is 16.5 Å². The number of aliphatic imine (C=N–C) groups is 1. The van der Waals surface area contributed by atoms with Crippen LogP contribution in [0.3, 0.4) is 0 Å². The van der Waals surface area contributed by atoms with Gasteiger partial charge in [0.25, 0.3) is 0 Å². The molecule has 1 heterocycles. The normalized spacial score (nSPS) is 11.4. The summed E-state index contributed by atoms with van der Waals surface area (Å²) >= 11 is 3.05. The van der Waals surface area contributed by atoms with Crippen molar-refractivity contribution in [3.63, 3.8) is 0 Å².